The molecule has 0 amide bonds. The number of aliphatic hydroxyl groups is 1. The molecule has 0 radical (unpaired) electrons. The third-order valence-electron chi connectivity index (χ3n) is 10.6. The fourth-order valence-corrected chi connectivity index (χ4v) is 7.89. The summed E-state index contributed by atoms with van der Waals surface area (Å²) in [5, 5.41) is 11.7. The lowest BCUT2D eigenvalue weighted by Gasteiger charge is -2.28. The Morgan fingerprint density at radius 1 is 0.500 bits per heavy atom. The number of allylic oxidation sites excluding steroid dienone is 8. The molecule has 1 N–H and O–H groups in total. The third-order valence-corrected chi connectivity index (χ3v) is 11.9. The molecule has 5 heteroatoms. The van der Waals surface area contributed by atoms with E-state index < -0.39 is 15.7 Å². The van der Waals surface area contributed by atoms with Gasteiger partial charge in [-0.2, -0.15) is 8.42 Å². The van der Waals surface area contributed by atoms with Crippen LogP contribution >= 0.6 is 0 Å². The van der Waals surface area contributed by atoms with E-state index in [1.165, 1.54) is 128 Å². The molecule has 1 rings (SSSR count). The molecule has 0 saturated carbocycles. The van der Waals surface area contributed by atoms with Gasteiger partial charge in [0.05, 0.1) is 17.1 Å². The Morgan fingerprint density at radius 3 is 1.28 bits per heavy atom. The maximum atomic E-state index is 12.7. The Hall–Kier alpha value is -1.95. The van der Waals surface area contributed by atoms with Gasteiger partial charge in [-0.3, -0.25) is 4.18 Å². The van der Waals surface area contributed by atoms with Gasteiger partial charge in [0.2, 0.25) is 0 Å². The molecule has 0 aliphatic heterocycles. The Labute approximate surface area is 335 Å². The van der Waals surface area contributed by atoms with Gasteiger partial charge in [0.15, 0.2) is 0 Å². The van der Waals surface area contributed by atoms with E-state index in [-0.39, 0.29) is 11.5 Å². The first kappa shape index (κ1) is 50.1. The third kappa shape index (κ3) is 29.4. The van der Waals surface area contributed by atoms with Crippen LogP contribution < -0.4 is 0 Å². The zero-order valence-corrected chi connectivity index (χ0v) is 36.2. The second kappa shape index (κ2) is 35.5. The molecule has 0 bridgehead atoms. The minimum atomic E-state index is -3.75. The van der Waals surface area contributed by atoms with Crippen LogP contribution in [-0.4, -0.2) is 25.7 Å². The molecule has 0 heterocycles. The molecular weight excluding hydrogens is 685 g/mol. The van der Waals surface area contributed by atoms with Gasteiger partial charge in [-0.05, 0) is 120 Å². The standard InChI is InChI=1S/C49H84O4S/c1-4-7-9-11-13-15-17-19-21-23-25-27-29-31-33-35-43-49(50,45-37-38-46-53-54(51,52)48-41-39-47(6-3)40-42-48)44-36-34-32-30-28-26-24-22-20-18-16-14-12-10-8-5-2/h13-16,19-22,39-42,50H,4-12,17-18,23-38,43-46H2,1-3H3/b15-13-,16-14-,21-19-,22-20-. The molecule has 0 aliphatic carbocycles. The summed E-state index contributed by atoms with van der Waals surface area (Å²) >= 11 is 0. The number of aryl methyl sites for hydroxylation is 1. The van der Waals surface area contributed by atoms with Crippen molar-refractivity contribution in [3.63, 3.8) is 0 Å². The van der Waals surface area contributed by atoms with Crippen LogP contribution in [0.2, 0.25) is 0 Å². The minimum absolute atomic E-state index is 0.157. The van der Waals surface area contributed by atoms with E-state index >= 15 is 0 Å². The summed E-state index contributed by atoms with van der Waals surface area (Å²) in [6.45, 7) is 6.71. The van der Waals surface area contributed by atoms with Gasteiger partial charge in [-0.1, -0.05) is 171 Å². The zero-order valence-electron chi connectivity index (χ0n) is 35.4. The maximum Gasteiger partial charge on any atom is 0.296 e. The molecule has 0 saturated heterocycles. The van der Waals surface area contributed by atoms with E-state index in [0.29, 0.717) is 12.8 Å². The molecule has 4 nitrogen and oxygen atoms in total. The van der Waals surface area contributed by atoms with Gasteiger partial charge in [-0.25, -0.2) is 0 Å². The van der Waals surface area contributed by atoms with Crippen molar-refractivity contribution < 1.29 is 17.7 Å². The first-order valence-electron chi connectivity index (χ1n) is 22.7. The Bertz CT molecular complexity index is 1150. The summed E-state index contributed by atoms with van der Waals surface area (Å²) in [5.41, 5.74) is 0.437. The van der Waals surface area contributed by atoms with Crippen LogP contribution in [0.1, 0.15) is 213 Å². The van der Waals surface area contributed by atoms with Crippen LogP contribution in [0.5, 0.6) is 0 Å². The Balaban J connectivity index is 2.35. The smallest absolute Gasteiger partial charge is 0.296 e. The number of unbranched alkanes of at least 4 members (excludes halogenated alkanes) is 19. The van der Waals surface area contributed by atoms with Crippen molar-refractivity contribution in [1.29, 1.82) is 0 Å². The molecule has 1 aromatic rings. The molecule has 0 fully saturated rings. The van der Waals surface area contributed by atoms with Gasteiger partial charge in [-0.15, -0.1) is 0 Å². The normalized spacial score (nSPS) is 12.8. The molecule has 0 atom stereocenters. The predicted molar refractivity (Wildman–Crippen MR) is 236 cm³/mol. The molecule has 0 spiro atoms. The highest BCUT2D eigenvalue weighted by Gasteiger charge is 2.25. The largest absolute Gasteiger partial charge is 0.390 e. The first-order chi connectivity index (χ1) is 26.4. The lowest BCUT2D eigenvalue weighted by Crippen LogP contribution is -2.28. The van der Waals surface area contributed by atoms with Crippen molar-refractivity contribution in [3.8, 4) is 0 Å². The monoisotopic (exact) mass is 769 g/mol. The quantitative estimate of drug-likeness (QED) is 0.0413. The zero-order chi connectivity index (χ0) is 39.3. The maximum absolute atomic E-state index is 12.7. The summed E-state index contributed by atoms with van der Waals surface area (Å²) in [4.78, 5) is 0.214. The highest BCUT2D eigenvalue weighted by Crippen LogP contribution is 2.29. The van der Waals surface area contributed by atoms with Crippen molar-refractivity contribution in [2.75, 3.05) is 6.61 Å². The topological polar surface area (TPSA) is 63.6 Å². The van der Waals surface area contributed by atoms with Crippen LogP contribution in [0.4, 0.5) is 0 Å². The average molecular weight is 769 g/mol. The summed E-state index contributed by atoms with van der Waals surface area (Å²) in [7, 11) is -3.75. The molecule has 0 aromatic heterocycles. The van der Waals surface area contributed by atoms with Gasteiger partial charge in [0.1, 0.15) is 0 Å². The molecular formula is C49H84O4S. The van der Waals surface area contributed by atoms with Crippen LogP contribution in [0, 0.1) is 0 Å². The Morgan fingerprint density at radius 2 is 0.870 bits per heavy atom. The molecule has 1 aromatic carbocycles. The van der Waals surface area contributed by atoms with Gasteiger partial charge in [0, 0.05) is 0 Å². The number of benzene rings is 1. The molecule has 310 valence electrons. The summed E-state index contributed by atoms with van der Waals surface area (Å²) < 4.78 is 30.7. The van der Waals surface area contributed by atoms with E-state index in [0.717, 1.165) is 56.9 Å². The predicted octanol–water partition coefficient (Wildman–Crippen LogP) is 15.3. The lowest BCUT2D eigenvalue weighted by atomic mass is 9.85. The molecule has 0 aliphatic rings. The van der Waals surface area contributed by atoms with Gasteiger partial charge < -0.3 is 5.11 Å². The van der Waals surface area contributed by atoms with Crippen LogP contribution in [-0.2, 0) is 20.7 Å². The number of hydrogen-bond acceptors (Lipinski definition) is 4. The SMILES string of the molecule is CCCCC/C=C\C/C=C\CCCCCCCCC(O)(CCCCCCCC/C=C\C/C=C\CCCCC)CCCCOS(=O)(=O)c1ccc(CC)cc1. The van der Waals surface area contributed by atoms with Crippen LogP contribution in [0.25, 0.3) is 0 Å². The molecule has 54 heavy (non-hydrogen) atoms. The highest BCUT2D eigenvalue weighted by atomic mass is 32.2. The highest BCUT2D eigenvalue weighted by molar-refractivity contribution is 7.86. The van der Waals surface area contributed by atoms with Crippen molar-refractivity contribution in [2.45, 2.75) is 224 Å². The van der Waals surface area contributed by atoms with Crippen molar-refractivity contribution in [2.24, 2.45) is 0 Å². The van der Waals surface area contributed by atoms with E-state index in [9.17, 15) is 13.5 Å². The fraction of sp³-hybridized carbons (Fsp3) is 0.714. The number of rotatable bonds is 38. The van der Waals surface area contributed by atoms with E-state index in [1.807, 2.05) is 12.1 Å². The second-order valence-corrected chi connectivity index (χ2v) is 17.2. The minimum Gasteiger partial charge on any atom is -0.390 e. The van der Waals surface area contributed by atoms with Gasteiger partial charge in [0.25, 0.3) is 10.1 Å². The van der Waals surface area contributed by atoms with Crippen molar-refractivity contribution in [3.05, 3.63) is 78.4 Å². The van der Waals surface area contributed by atoms with Crippen LogP contribution in [0.3, 0.4) is 0 Å². The first-order valence-corrected chi connectivity index (χ1v) is 24.1. The van der Waals surface area contributed by atoms with Crippen molar-refractivity contribution in [1.82, 2.24) is 0 Å². The average Bonchev–Trinajstić information content (AvgIpc) is 3.17. The molecule has 0 unspecified atom stereocenters. The summed E-state index contributed by atoms with van der Waals surface area (Å²) in [5.74, 6) is 0. The number of hydrogen-bond donors (Lipinski definition) is 1. The fourth-order valence-electron chi connectivity index (χ4n) is 6.94. The lowest BCUT2D eigenvalue weighted by molar-refractivity contribution is 0.00656. The van der Waals surface area contributed by atoms with E-state index in [4.69, 9.17) is 4.18 Å². The van der Waals surface area contributed by atoms with E-state index in [1.54, 1.807) is 12.1 Å². The van der Waals surface area contributed by atoms with Crippen LogP contribution in [0.15, 0.2) is 77.8 Å². The van der Waals surface area contributed by atoms with E-state index in [2.05, 4.69) is 69.4 Å². The van der Waals surface area contributed by atoms with Gasteiger partial charge >= 0.3 is 0 Å². The summed E-state index contributed by atoms with van der Waals surface area (Å²) in [6, 6.07) is 6.95. The second-order valence-electron chi connectivity index (χ2n) is 15.6. The summed E-state index contributed by atoms with van der Waals surface area (Å²) in [6.07, 6.45) is 52.5. The Kier molecular flexibility index (Phi) is 32.9. The van der Waals surface area contributed by atoms with Crippen molar-refractivity contribution >= 4 is 10.1 Å².